The number of rotatable bonds is 6. The molecule has 2 aliphatic rings. The quantitative estimate of drug-likeness (QED) is 0.583. The Kier molecular flexibility index (Phi) is 6.42. The number of carbonyl (C=O) groups is 1. The zero-order valence-corrected chi connectivity index (χ0v) is 20.2. The number of aryl methyl sites for hydroxylation is 3. The third-order valence-electron chi connectivity index (χ3n) is 6.83. The molecule has 1 saturated heterocycles. The van der Waals surface area contributed by atoms with Crippen molar-refractivity contribution < 1.29 is 17.9 Å². The molecule has 1 N–H and O–H groups in total. The summed E-state index contributed by atoms with van der Waals surface area (Å²) >= 11 is 0. The number of amides is 1. The first-order valence-electron chi connectivity index (χ1n) is 11.8. The summed E-state index contributed by atoms with van der Waals surface area (Å²) in [6, 6.07) is 13.4. The van der Waals surface area contributed by atoms with Crippen molar-refractivity contribution in [3.05, 3.63) is 59.4 Å². The van der Waals surface area contributed by atoms with Gasteiger partial charge in [0.2, 0.25) is 15.9 Å². The van der Waals surface area contributed by atoms with E-state index in [0.29, 0.717) is 44.7 Å². The molecule has 0 saturated carbocycles. The van der Waals surface area contributed by atoms with Gasteiger partial charge in [-0.15, -0.1) is 0 Å². The molecule has 8 nitrogen and oxygen atoms in total. The molecule has 9 heteroatoms. The molecule has 0 radical (unpaired) electrons. The fraction of sp³-hybridized carbons (Fsp3) is 0.440. The number of sulfonamides is 1. The van der Waals surface area contributed by atoms with E-state index in [-0.39, 0.29) is 16.8 Å². The van der Waals surface area contributed by atoms with Gasteiger partial charge in [0.1, 0.15) is 5.82 Å². The van der Waals surface area contributed by atoms with Gasteiger partial charge < -0.3 is 14.6 Å². The first-order chi connectivity index (χ1) is 16.4. The molecule has 34 heavy (non-hydrogen) atoms. The van der Waals surface area contributed by atoms with E-state index in [2.05, 4.69) is 22.4 Å². The molecule has 180 valence electrons. The van der Waals surface area contributed by atoms with Gasteiger partial charge in [-0.05, 0) is 48.6 Å². The summed E-state index contributed by atoms with van der Waals surface area (Å²) < 4.78 is 34.7. The van der Waals surface area contributed by atoms with Crippen molar-refractivity contribution in [2.75, 3.05) is 26.3 Å². The van der Waals surface area contributed by atoms with Crippen molar-refractivity contribution in [1.29, 1.82) is 0 Å². The van der Waals surface area contributed by atoms with Crippen LogP contribution in [0.5, 0.6) is 0 Å². The normalized spacial score (nSPS) is 19.1. The van der Waals surface area contributed by atoms with Crippen LogP contribution >= 0.6 is 0 Å². The molecule has 5 rings (SSSR count). The van der Waals surface area contributed by atoms with Crippen molar-refractivity contribution >= 4 is 27.0 Å². The number of imidazole rings is 1. The second-order valence-corrected chi connectivity index (χ2v) is 10.9. The molecule has 0 bridgehead atoms. The Morgan fingerprint density at radius 2 is 1.97 bits per heavy atom. The first kappa shape index (κ1) is 23.0. The maximum absolute atomic E-state index is 13.0. The third kappa shape index (κ3) is 4.47. The van der Waals surface area contributed by atoms with E-state index < -0.39 is 10.0 Å². The molecule has 1 fully saturated rings. The summed E-state index contributed by atoms with van der Waals surface area (Å²) in [7, 11) is -1.68. The van der Waals surface area contributed by atoms with Gasteiger partial charge in [0, 0.05) is 33.0 Å². The number of nitrogens with zero attached hydrogens (tertiary/aromatic N) is 3. The summed E-state index contributed by atoms with van der Waals surface area (Å²) in [5.41, 5.74) is 4.00. The highest BCUT2D eigenvalue weighted by atomic mass is 32.2. The number of carbonyl (C=O) groups excluding carboxylic acids is 1. The average Bonchev–Trinajstić information content (AvgIpc) is 3.18. The maximum atomic E-state index is 13.0. The van der Waals surface area contributed by atoms with Crippen LogP contribution in [0.2, 0.25) is 0 Å². The van der Waals surface area contributed by atoms with Crippen LogP contribution in [0.1, 0.15) is 42.3 Å². The molecule has 2 aromatic carbocycles. The van der Waals surface area contributed by atoms with Gasteiger partial charge in [0.05, 0.1) is 35.2 Å². The minimum atomic E-state index is -3.58. The maximum Gasteiger partial charge on any atom is 0.243 e. The molecule has 1 atom stereocenters. The summed E-state index contributed by atoms with van der Waals surface area (Å²) in [5, 5.41) is 3.19. The van der Waals surface area contributed by atoms with Crippen molar-refractivity contribution in [3.8, 4) is 0 Å². The molecule has 2 heterocycles. The van der Waals surface area contributed by atoms with Gasteiger partial charge in [-0.25, -0.2) is 13.4 Å². The molecule has 1 unspecified atom stereocenters. The molecule has 1 aliphatic carbocycles. The zero-order valence-electron chi connectivity index (χ0n) is 19.4. The van der Waals surface area contributed by atoms with Crippen LogP contribution in [-0.4, -0.2) is 54.5 Å². The van der Waals surface area contributed by atoms with E-state index in [1.54, 1.807) is 18.2 Å². The summed E-state index contributed by atoms with van der Waals surface area (Å²) in [6.07, 6.45) is 3.90. The topological polar surface area (TPSA) is 93.5 Å². The van der Waals surface area contributed by atoms with Crippen molar-refractivity contribution in [2.45, 2.75) is 43.0 Å². The van der Waals surface area contributed by atoms with E-state index in [1.165, 1.54) is 15.4 Å². The second kappa shape index (κ2) is 9.48. The van der Waals surface area contributed by atoms with Crippen LogP contribution < -0.4 is 5.32 Å². The minimum absolute atomic E-state index is 0.00402. The summed E-state index contributed by atoms with van der Waals surface area (Å²) in [5.74, 6) is 0.763. The van der Waals surface area contributed by atoms with Gasteiger partial charge in [-0.2, -0.15) is 4.31 Å². The van der Waals surface area contributed by atoms with Gasteiger partial charge >= 0.3 is 0 Å². The van der Waals surface area contributed by atoms with E-state index in [9.17, 15) is 13.2 Å². The molecule has 1 amide bonds. The smallest absolute Gasteiger partial charge is 0.243 e. The SMILES string of the molecule is Cn1c(CCC(=O)NC2CCCc3ccccc32)nc2cc(S(=O)(=O)N3CCOCC3)ccc21. The summed E-state index contributed by atoms with van der Waals surface area (Å²) in [4.78, 5) is 17.6. The number of nitrogens with one attached hydrogen (secondary N) is 1. The number of morpholine rings is 1. The molecular formula is C25H30N4O4S. The third-order valence-corrected chi connectivity index (χ3v) is 8.73. The standard InChI is InChI=1S/C25H30N4O4S/c1-28-23-10-9-19(34(31,32)29-13-15-33-16-14-29)17-22(23)26-24(28)11-12-25(30)27-21-8-4-6-18-5-2-3-7-20(18)21/h2-3,5,7,9-10,17,21H,4,6,8,11-16H2,1H3,(H,27,30). The first-order valence-corrected chi connectivity index (χ1v) is 13.3. The van der Waals surface area contributed by atoms with E-state index in [0.717, 1.165) is 30.6 Å². The average molecular weight is 483 g/mol. The Morgan fingerprint density at radius 1 is 1.18 bits per heavy atom. The van der Waals surface area contributed by atoms with Crippen molar-refractivity contribution in [2.24, 2.45) is 7.05 Å². The molecular weight excluding hydrogens is 452 g/mol. The Morgan fingerprint density at radius 3 is 2.79 bits per heavy atom. The molecule has 1 aliphatic heterocycles. The number of benzene rings is 2. The Balaban J connectivity index is 1.28. The van der Waals surface area contributed by atoms with Crippen LogP contribution in [-0.2, 0) is 39.4 Å². The highest BCUT2D eigenvalue weighted by Crippen LogP contribution is 2.29. The van der Waals surface area contributed by atoms with Gasteiger partial charge in [0.15, 0.2) is 0 Å². The van der Waals surface area contributed by atoms with E-state index in [4.69, 9.17) is 4.74 Å². The number of hydrogen-bond acceptors (Lipinski definition) is 5. The fourth-order valence-corrected chi connectivity index (χ4v) is 6.37. The van der Waals surface area contributed by atoms with E-state index >= 15 is 0 Å². The highest BCUT2D eigenvalue weighted by Gasteiger charge is 2.27. The van der Waals surface area contributed by atoms with E-state index in [1.807, 2.05) is 23.7 Å². The zero-order chi connectivity index (χ0) is 23.7. The van der Waals surface area contributed by atoms with Crippen molar-refractivity contribution in [1.82, 2.24) is 19.2 Å². The molecule has 0 spiro atoms. The van der Waals surface area contributed by atoms with Gasteiger partial charge in [0.25, 0.3) is 0 Å². The fourth-order valence-electron chi connectivity index (χ4n) is 4.95. The monoisotopic (exact) mass is 482 g/mol. The van der Waals surface area contributed by atoms with Crippen molar-refractivity contribution in [3.63, 3.8) is 0 Å². The second-order valence-electron chi connectivity index (χ2n) is 8.97. The number of hydrogen-bond donors (Lipinski definition) is 1. The lowest BCUT2D eigenvalue weighted by atomic mass is 9.87. The van der Waals surface area contributed by atoms with Crippen LogP contribution in [0.15, 0.2) is 47.4 Å². The predicted molar refractivity (Wildman–Crippen MR) is 129 cm³/mol. The minimum Gasteiger partial charge on any atom is -0.379 e. The number of ether oxygens (including phenoxy) is 1. The lowest BCUT2D eigenvalue weighted by Crippen LogP contribution is -2.40. The van der Waals surface area contributed by atoms with Crippen LogP contribution in [0, 0.1) is 0 Å². The number of fused-ring (bicyclic) bond motifs is 2. The molecule has 3 aromatic rings. The largest absolute Gasteiger partial charge is 0.379 e. The lowest BCUT2D eigenvalue weighted by molar-refractivity contribution is -0.121. The van der Waals surface area contributed by atoms with Gasteiger partial charge in [-0.1, -0.05) is 24.3 Å². The Hall–Kier alpha value is -2.75. The Bertz CT molecular complexity index is 1310. The Labute approximate surface area is 200 Å². The highest BCUT2D eigenvalue weighted by molar-refractivity contribution is 7.89. The number of aromatic nitrogens is 2. The van der Waals surface area contributed by atoms with Gasteiger partial charge in [-0.3, -0.25) is 4.79 Å². The van der Waals surface area contributed by atoms with Crippen LogP contribution in [0.25, 0.3) is 11.0 Å². The predicted octanol–water partition coefficient (Wildman–Crippen LogP) is 2.72. The summed E-state index contributed by atoms with van der Waals surface area (Å²) in [6.45, 7) is 1.52. The lowest BCUT2D eigenvalue weighted by Gasteiger charge is -2.26. The van der Waals surface area contributed by atoms with Crippen LogP contribution in [0.4, 0.5) is 0 Å². The molecule has 1 aromatic heterocycles. The van der Waals surface area contributed by atoms with Crippen LogP contribution in [0.3, 0.4) is 0 Å².